The van der Waals surface area contributed by atoms with E-state index in [4.69, 9.17) is 35.2 Å². The number of cyclic esters (lactones) is 2. The van der Waals surface area contributed by atoms with Gasteiger partial charge in [0.1, 0.15) is 66.1 Å². The maximum Gasteiger partial charge on any atom is 0.363 e. The number of nitrogens with one attached hydrogen (secondary N) is 5. The van der Waals surface area contributed by atoms with Crippen LogP contribution in [0.1, 0.15) is 127 Å². The minimum atomic E-state index is -1.91. The lowest BCUT2D eigenvalue weighted by Gasteiger charge is -2.36. The lowest BCUT2D eigenvalue weighted by atomic mass is 9.98. The topological polar surface area (TPSA) is 355 Å². The predicted octanol–water partition coefficient (Wildman–Crippen LogP) is 4.21. The summed E-state index contributed by atoms with van der Waals surface area (Å²) in [6.07, 6.45) is -1.74. The molecule has 4 saturated heterocycles. The molecular weight excluding hydrogens is 1320 g/mol. The summed E-state index contributed by atoms with van der Waals surface area (Å²) in [5.41, 5.74) is -2.33. The highest BCUT2D eigenvalue weighted by Gasteiger charge is 2.47. The first kappa shape index (κ1) is 74.6. The number of benzene rings is 3. The third-order valence-corrected chi connectivity index (χ3v) is 19.5. The molecule has 10 atom stereocenters. The number of hydrogen-bond donors (Lipinski definition) is 5. The minimum absolute atomic E-state index is 0.0152. The fraction of sp³-hybridized carbons (Fsp3) is 0.543. The SMILES string of the molecule is Cc1ccc(C(=O)N[C@@H]2C(=O)N[C@H](C(C)C)C(=O)N3CCC[C@H]3C(=O)N(C)CC(=O)N(C)[C@@H](C(C)C)C(=O)O[C@@H]2C)c2c1Oc1c(c(C(=O)N[C@H]3C(=O)N[C@H](C(C)C)C(=O)N4CCC[C@H]4C(=O)N(C)CC(=O)N(C)[C@@H](C(C)C)C(=O)O[C@H]3C)c3nc(-c4cccc(Cl)c4)c(=O)oc3c1C)N2. The Hall–Kier alpha value is -9.67. The third kappa shape index (κ3) is 14.8. The smallest absolute Gasteiger partial charge is 0.363 e. The molecule has 5 aliphatic rings. The molecule has 4 aromatic rings. The number of esters is 2. The number of rotatable bonds is 9. The van der Waals surface area contributed by atoms with Gasteiger partial charge in [-0.05, 0) is 101 Å². The Morgan fingerprint density at radius 1 is 0.610 bits per heavy atom. The summed E-state index contributed by atoms with van der Waals surface area (Å²) in [4.78, 5) is 203. The first-order valence-corrected chi connectivity index (χ1v) is 34.0. The molecule has 0 saturated carbocycles. The molecule has 1 aromatic heterocycles. The summed E-state index contributed by atoms with van der Waals surface area (Å²) < 4.78 is 24.9. The number of halogens is 1. The van der Waals surface area contributed by atoms with E-state index in [1.54, 1.807) is 74.4 Å². The van der Waals surface area contributed by atoms with Gasteiger partial charge in [0.05, 0.1) is 35.6 Å². The summed E-state index contributed by atoms with van der Waals surface area (Å²) in [6, 6.07) is -1.91. The van der Waals surface area contributed by atoms with Gasteiger partial charge < -0.3 is 74.6 Å². The summed E-state index contributed by atoms with van der Waals surface area (Å²) in [5.74, 6) is -12.3. The monoisotopic (exact) mass is 1400 g/mol. The van der Waals surface area contributed by atoms with Crippen molar-refractivity contribution in [2.75, 3.05) is 59.7 Å². The van der Waals surface area contributed by atoms with Crippen LogP contribution in [0.5, 0.6) is 11.5 Å². The van der Waals surface area contributed by atoms with Gasteiger partial charge in [-0.15, -0.1) is 0 Å². The van der Waals surface area contributed by atoms with Gasteiger partial charge in [0.15, 0.2) is 22.8 Å². The standard InChI is InChI=1S/C70H89ClN12O17/c1-31(2)47-66(92)82-26-18-22-42(82)64(90)78(13)29-44(84)80(15)55(33(5)6)69(95)97-37(11)49(62(88)74-47)76-60(86)41-25-24-35(9)57-52(41)73-53-46(54-59(36(10)58(53)99-57)100-68(94)51(72-54)39-20-17-21-40(71)28-39)61(87)77-50-38(12)98-70(96)56(34(7)8)81(16)45(85)30-79(14)65(91)43-23-19-27-83(43)67(93)48(32(3)4)75-63(50)89/h17,20-21,24-25,28,31-34,37-38,42-43,47-50,55-56,73H,18-19,22-23,26-27,29-30H2,1-16H3,(H,74,88)(H,75,89)(H,76,86)(H,77,87)/t37-,38+,42+,43+,47-,48-,49+,50-,55+,56+/m1/s1. The molecule has 0 aliphatic carbocycles. The van der Waals surface area contributed by atoms with Crippen molar-refractivity contribution in [1.82, 2.24) is 55.7 Å². The zero-order valence-corrected chi connectivity index (χ0v) is 59.9. The van der Waals surface area contributed by atoms with Gasteiger partial charge >= 0.3 is 17.6 Å². The van der Waals surface area contributed by atoms with E-state index in [0.29, 0.717) is 18.4 Å². The normalized spacial score (nSPS) is 25.0. The van der Waals surface area contributed by atoms with Crippen molar-refractivity contribution in [3.05, 3.63) is 74.1 Å². The molecule has 6 heterocycles. The fourth-order valence-corrected chi connectivity index (χ4v) is 13.8. The predicted molar refractivity (Wildman–Crippen MR) is 365 cm³/mol. The number of aromatic nitrogens is 1. The van der Waals surface area contributed by atoms with Gasteiger partial charge in [-0.2, -0.15) is 0 Å². The number of carbonyl (C=O) groups excluding carboxylic acids is 12. The van der Waals surface area contributed by atoms with Crippen LogP contribution in [-0.4, -0.2) is 220 Å². The fourth-order valence-electron chi connectivity index (χ4n) is 13.7. The highest BCUT2D eigenvalue weighted by molar-refractivity contribution is 6.30. The second kappa shape index (κ2) is 30.0. The number of ether oxygens (including phenoxy) is 3. The van der Waals surface area contributed by atoms with Crippen molar-refractivity contribution in [2.24, 2.45) is 23.7 Å². The number of carbonyl (C=O) groups is 12. The molecule has 3 aromatic carbocycles. The average Bonchev–Trinajstić information content (AvgIpc) is 0.804. The second-order valence-electron chi connectivity index (χ2n) is 27.9. The third-order valence-electron chi connectivity index (χ3n) is 19.2. The Bertz CT molecular complexity index is 4060. The van der Waals surface area contributed by atoms with Crippen LogP contribution in [0.25, 0.3) is 22.4 Å². The molecule has 10 amide bonds. The Kier molecular flexibility index (Phi) is 22.4. The molecular formula is C70H89ClN12O17. The van der Waals surface area contributed by atoms with E-state index in [1.165, 1.54) is 92.8 Å². The van der Waals surface area contributed by atoms with Crippen LogP contribution >= 0.6 is 11.6 Å². The van der Waals surface area contributed by atoms with E-state index in [-0.39, 0.29) is 87.3 Å². The van der Waals surface area contributed by atoms with Gasteiger partial charge in [-0.25, -0.2) is 19.4 Å². The lowest BCUT2D eigenvalue weighted by molar-refractivity contribution is -0.163. The van der Waals surface area contributed by atoms with Crippen LogP contribution in [0, 0.1) is 37.5 Å². The van der Waals surface area contributed by atoms with Crippen LogP contribution in [0.4, 0.5) is 11.4 Å². The van der Waals surface area contributed by atoms with Crippen LogP contribution in [0.3, 0.4) is 0 Å². The van der Waals surface area contributed by atoms with Crippen molar-refractivity contribution in [1.29, 1.82) is 0 Å². The van der Waals surface area contributed by atoms with Crippen LogP contribution in [-0.2, 0) is 57.4 Å². The second-order valence-corrected chi connectivity index (χ2v) is 28.3. The molecule has 30 heteroatoms. The van der Waals surface area contributed by atoms with Crippen molar-refractivity contribution in [3.63, 3.8) is 0 Å². The number of nitrogens with zero attached hydrogens (tertiary/aromatic N) is 7. The Labute approximate surface area is 584 Å². The molecule has 9 rings (SSSR count). The summed E-state index contributed by atoms with van der Waals surface area (Å²) in [5, 5.41) is 14.4. The first-order chi connectivity index (χ1) is 47.0. The Morgan fingerprint density at radius 2 is 1.09 bits per heavy atom. The molecule has 0 spiro atoms. The number of amides is 10. The van der Waals surface area contributed by atoms with E-state index in [2.05, 4.69) is 26.6 Å². The van der Waals surface area contributed by atoms with E-state index in [1.807, 2.05) is 0 Å². The maximum absolute atomic E-state index is 16.1. The van der Waals surface area contributed by atoms with E-state index < -0.39 is 180 Å². The van der Waals surface area contributed by atoms with Gasteiger partial charge in [0.2, 0.25) is 47.3 Å². The zero-order chi connectivity index (χ0) is 73.5. The quantitative estimate of drug-likeness (QED) is 0.129. The van der Waals surface area contributed by atoms with Gasteiger partial charge in [0, 0.05) is 57.4 Å². The molecule has 4 fully saturated rings. The summed E-state index contributed by atoms with van der Waals surface area (Å²) in [7, 11) is 5.61. The minimum Gasteiger partial charge on any atom is -0.458 e. The largest absolute Gasteiger partial charge is 0.458 e. The van der Waals surface area contributed by atoms with Crippen molar-refractivity contribution in [2.45, 2.75) is 169 Å². The average molecular weight is 1410 g/mol. The Morgan fingerprint density at radius 3 is 1.55 bits per heavy atom. The first-order valence-electron chi connectivity index (χ1n) is 33.7. The molecule has 0 bridgehead atoms. The van der Waals surface area contributed by atoms with Crippen molar-refractivity contribution < 1.29 is 76.2 Å². The van der Waals surface area contributed by atoms with Crippen LogP contribution in [0.2, 0.25) is 5.02 Å². The molecule has 0 radical (unpaired) electrons. The number of anilines is 2. The molecule has 29 nitrogen and oxygen atoms in total. The molecule has 0 unspecified atom stereocenters. The van der Waals surface area contributed by atoms with E-state index in [9.17, 15) is 43.2 Å². The molecule has 5 aliphatic heterocycles. The van der Waals surface area contributed by atoms with E-state index >= 15 is 19.2 Å². The van der Waals surface area contributed by atoms with E-state index in [0.717, 1.165) is 9.80 Å². The highest BCUT2D eigenvalue weighted by atomic mass is 35.5. The van der Waals surface area contributed by atoms with Crippen LogP contribution in [0.15, 0.2) is 45.6 Å². The van der Waals surface area contributed by atoms with Gasteiger partial charge in [0.25, 0.3) is 11.8 Å². The van der Waals surface area contributed by atoms with Crippen molar-refractivity contribution >= 4 is 105 Å². The number of fused-ring (bicyclic) bond motifs is 5. The number of hydrogen-bond acceptors (Lipinski definition) is 19. The summed E-state index contributed by atoms with van der Waals surface area (Å²) in [6.45, 7) is 18.6. The molecule has 5 N–H and O–H groups in total. The van der Waals surface area contributed by atoms with Crippen LogP contribution < -0.4 is 36.9 Å². The number of likely N-dealkylation sites (N-methyl/N-ethyl adjacent to an activating group) is 4. The molecule has 100 heavy (non-hydrogen) atoms. The Balaban J connectivity index is 1.17. The summed E-state index contributed by atoms with van der Waals surface area (Å²) >= 11 is 6.45. The van der Waals surface area contributed by atoms with Gasteiger partial charge in [-0.3, -0.25) is 47.9 Å². The highest BCUT2D eigenvalue weighted by Crippen LogP contribution is 2.51. The van der Waals surface area contributed by atoms with Crippen molar-refractivity contribution in [3.8, 4) is 22.8 Å². The van der Waals surface area contributed by atoms with Gasteiger partial charge in [-0.1, -0.05) is 85.2 Å². The number of aryl methyl sites for hydroxylation is 2. The molecule has 538 valence electrons. The zero-order valence-electron chi connectivity index (χ0n) is 59.2. The lowest BCUT2D eigenvalue weighted by Crippen LogP contribution is -2.61. The maximum atomic E-state index is 16.1.